The van der Waals surface area contributed by atoms with Crippen LogP contribution < -0.4 is 5.73 Å². The summed E-state index contributed by atoms with van der Waals surface area (Å²) in [4.78, 5) is 0. The van der Waals surface area contributed by atoms with E-state index >= 15 is 0 Å². The van der Waals surface area contributed by atoms with E-state index in [-0.39, 0.29) is 5.56 Å². The van der Waals surface area contributed by atoms with E-state index in [9.17, 15) is 8.78 Å². The highest BCUT2D eigenvalue weighted by Gasteiger charge is 2.19. The average molecular weight is 312 g/mol. The van der Waals surface area contributed by atoms with Gasteiger partial charge >= 0.3 is 0 Å². The lowest BCUT2D eigenvalue weighted by Crippen LogP contribution is -2.16. The van der Waals surface area contributed by atoms with Crippen LogP contribution in [-0.2, 0) is 0 Å². The predicted octanol–water partition coefficient (Wildman–Crippen LogP) is 4.08. The Balaban J connectivity index is 2.51. The molecule has 0 aliphatic heterocycles. The second-order valence-electron chi connectivity index (χ2n) is 4.14. The van der Waals surface area contributed by atoms with Gasteiger partial charge < -0.3 is 5.73 Å². The molecule has 0 amide bonds. The number of aryl methyl sites for hydroxylation is 1. The van der Waals surface area contributed by atoms with Gasteiger partial charge in [-0.1, -0.05) is 34.1 Å². The van der Waals surface area contributed by atoms with Gasteiger partial charge in [-0.3, -0.25) is 0 Å². The van der Waals surface area contributed by atoms with Gasteiger partial charge in [0, 0.05) is 10.0 Å². The third-order valence-electron chi connectivity index (χ3n) is 2.80. The maximum atomic E-state index is 13.7. The van der Waals surface area contributed by atoms with Gasteiger partial charge in [0.2, 0.25) is 0 Å². The Kier molecular flexibility index (Phi) is 3.78. The topological polar surface area (TPSA) is 26.0 Å². The fourth-order valence-corrected chi connectivity index (χ4v) is 2.59. The van der Waals surface area contributed by atoms with Crippen molar-refractivity contribution in [2.45, 2.75) is 13.0 Å². The first-order valence-corrected chi connectivity index (χ1v) is 6.25. The zero-order valence-corrected chi connectivity index (χ0v) is 11.3. The molecule has 0 saturated heterocycles. The molecule has 2 aromatic carbocycles. The molecule has 0 aliphatic carbocycles. The fraction of sp³-hybridized carbons (Fsp3) is 0.143. The van der Waals surface area contributed by atoms with Crippen LogP contribution in [0.3, 0.4) is 0 Å². The summed E-state index contributed by atoms with van der Waals surface area (Å²) in [5.74, 6) is -1.26. The minimum Gasteiger partial charge on any atom is -0.320 e. The van der Waals surface area contributed by atoms with Gasteiger partial charge in [0.15, 0.2) is 0 Å². The number of nitrogens with two attached hydrogens (primary N) is 1. The quantitative estimate of drug-likeness (QED) is 0.888. The predicted molar refractivity (Wildman–Crippen MR) is 71.3 cm³/mol. The summed E-state index contributed by atoms with van der Waals surface area (Å²) in [6, 6.07) is 8.41. The molecule has 2 N–H and O–H groups in total. The lowest BCUT2D eigenvalue weighted by atomic mass is 9.98. The number of benzene rings is 2. The molecule has 1 nitrogen and oxygen atoms in total. The van der Waals surface area contributed by atoms with Crippen molar-refractivity contribution in [2.24, 2.45) is 5.73 Å². The summed E-state index contributed by atoms with van der Waals surface area (Å²) in [6.07, 6.45) is 0. The van der Waals surface area contributed by atoms with Crippen molar-refractivity contribution in [3.63, 3.8) is 0 Å². The first-order chi connectivity index (χ1) is 8.50. The molecule has 0 aliphatic rings. The Morgan fingerprint density at radius 2 is 1.72 bits per heavy atom. The summed E-state index contributed by atoms with van der Waals surface area (Å²) in [7, 11) is 0. The Hall–Kier alpha value is -1.26. The first-order valence-electron chi connectivity index (χ1n) is 5.46. The van der Waals surface area contributed by atoms with E-state index in [1.165, 1.54) is 18.2 Å². The second kappa shape index (κ2) is 5.16. The van der Waals surface area contributed by atoms with E-state index in [0.29, 0.717) is 5.56 Å². The first kappa shape index (κ1) is 13.2. The van der Waals surface area contributed by atoms with Crippen LogP contribution in [0.5, 0.6) is 0 Å². The van der Waals surface area contributed by atoms with Crippen molar-refractivity contribution in [1.82, 2.24) is 0 Å². The van der Waals surface area contributed by atoms with Gasteiger partial charge in [0.1, 0.15) is 11.6 Å². The van der Waals surface area contributed by atoms with Gasteiger partial charge in [0.25, 0.3) is 0 Å². The van der Waals surface area contributed by atoms with Crippen LogP contribution in [0.15, 0.2) is 40.9 Å². The van der Waals surface area contributed by atoms with Crippen molar-refractivity contribution < 1.29 is 8.78 Å². The van der Waals surface area contributed by atoms with Crippen molar-refractivity contribution in [1.29, 1.82) is 0 Å². The summed E-state index contributed by atoms with van der Waals surface area (Å²) in [5.41, 5.74) is 7.55. The Bertz CT molecular complexity index is 564. The Morgan fingerprint density at radius 1 is 1.11 bits per heavy atom. The number of hydrogen-bond acceptors (Lipinski definition) is 1. The van der Waals surface area contributed by atoms with Crippen LogP contribution in [0.1, 0.15) is 22.7 Å². The highest BCUT2D eigenvalue weighted by Crippen LogP contribution is 2.30. The highest BCUT2D eigenvalue weighted by atomic mass is 79.9. The summed E-state index contributed by atoms with van der Waals surface area (Å²) < 4.78 is 28.1. The summed E-state index contributed by atoms with van der Waals surface area (Å²) in [5, 5.41) is 0. The Labute approximate surface area is 113 Å². The SMILES string of the molecule is Cc1ccc(C(N)c2c(F)cccc2F)c(Br)c1. The molecular formula is C14H12BrF2N. The zero-order chi connectivity index (χ0) is 13.3. The molecule has 0 saturated carbocycles. The third-order valence-corrected chi connectivity index (χ3v) is 3.49. The molecule has 94 valence electrons. The van der Waals surface area contributed by atoms with Gasteiger partial charge in [0.05, 0.1) is 6.04 Å². The molecule has 2 aromatic rings. The number of hydrogen-bond donors (Lipinski definition) is 1. The van der Waals surface area contributed by atoms with Gasteiger partial charge in [-0.15, -0.1) is 0 Å². The molecule has 2 rings (SSSR count). The lowest BCUT2D eigenvalue weighted by molar-refractivity contribution is 0.543. The van der Waals surface area contributed by atoms with Crippen molar-refractivity contribution in [3.05, 3.63) is 69.2 Å². The van der Waals surface area contributed by atoms with Crippen molar-refractivity contribution in [2.75, 3.05) is 0 Å². The lowest BCUT2D eigenvalue weighted by Gasteiger charge is -2.16. The molecule has 0 heterocycles. The molecule has 4 heteroatoms. The summed E-state index contributed by atoms with van der Waals surface area (Å²) >= 11 is 3.37. The molecule has 0 bridgehead atoms. The van der Waals surface area contributed by atoms with Crippen molar-refractivity contribution in [3.8, 4) is 0 Å². The largest absolute Gasteiger partial charge is 0.320 e. The smallest absolute Gasteiger partial charge is 0.131 e. The third kappa shape index (κ3) is 2.44. The number of rotatable bonds is 2. The second-order valence-corrected chi connectivity index (χ2v) is 4.99. The maximum Gasteiger partial charge on any atom is 0.131 e. The van der Waals surface area contributed by atoms with Crippen LogP contribution in [0.25, 0.3) is 0 Å². The average Bonchev–Trinajstić information content (AvgIpc) is 2.28. The minimum atomic E-state index is -0.832. The van der Waals surface area contributed by atoms with E-state index in [1.54, 1.807) is 6.07 Å². The standard InChI is InChI=1S/C14H12BrF2N/c1-8-5-6-9(10(15)7-8)14(18)13-11(16)3-2-4-12(13)17/h2-7,14H,18H2,1H3. The van der Waals surface area contributed by atoms with E-state index in [1.807, 2.05) is 19.1 Å². The molecule has 0 radical (unpaired) electrons. The van der Waals surface area contributed by atoms with Crippen LogP contribution in [-0.4, -0.2) is 0 Å². The molecule has 0 aromatic heterocycles. The van der Waals surface area contributed by atoms with E-state index < -0.39 is 17.7 Å². The van der Waals surface area contributed by atoms with Crippen molar-refractivity contribution >= 4 is 15.9 Å². The normalized spacial score (nSPS) is 12.5. The molecule has 0 spiro atoms. The minimum absolute atomic E-state index is 0.109. The monoisotopic (exact) mass is 311 g/mol. The van der Waals surface area contributed by atoms with Crippen LogP contribution >= 0.6 is 15.9 Å². The van der Waals surface area contributed by atoms with Crippen LogP contribution in [0.4, 0.5) is 8.78 Å². The van der Waals surface area contributed by atoms with Gasteiger partial charge in [-0.2, -0.15) is 0 Å². The molecule has 1 atom stereocenters. The fourth-order valence-electron chi connectivity index (χ4n) is 1.85. The maximum absolute atomic E-state index is 13.7. The van der Waals surface area contributed by atoms with Gasteiger partial charge in [-0.25, -0.2) is 8.78 Å². The van der Waals surface area contributed by atoms with E-state index in [4.69, 9.17) is 5.73 Å². The molecule has 18 heavy (non-hydrogen) atoms. The van der Waals surface area contributed by atoms with Crippen LogP contribution in [0, 0.1) is 18.6 Å². The molecule has 0 fully saturated rings. The van der Waals surface area contributed by atoms with E-state index in [2.05, 4.69) is 15.9 Å². The van der Waals surface area contributed by atoms with E-state index in [0.717, 1.165) is 10.0 Å². The highest BCUT2D eigenvalue weighted by molar-refractivity contribution is 9.10. The number of halogens is 3. The molecular weight excluding hydrogens is 300 g/mol. The van der Waals surface area contributed by atoms with Gasteiger partial charge in [-0.05, 0) is 36.2 Å². The Morgan fingerprint density at radius 3 is 2.28 bits per heavy atom. The zero-order valence-electron chi connectivity index (χ0n) is 9.75. The molecule has 1 unspecified atom stereocenters. The van der Waals surface area contributed by atoms with Crippen LogP contribution in [0.2, 0.25) is 0 Å². The summed E-state index contributed by atoms with van der Waals surface area (Å²) in [6.45, 7) is 1.93.